The fraction of sp³-hybridized carbons (Fsp3) is 0.308. The van der Waals surface area contributed by atoms with Gasteiger partial charge in [0.2, 0.25) is 5.78 Å². The molecule has 0 radical (unpaired) electrons. The molecule has 0 saturated carbocycles. The first-order valence-electron chi connectivity index (χ1n) is 5.78. The number of allylic oxidation sites excluding steroid dienone is 1. The SMILES string of the molecule is COc1ccc(C(=O)C(Cl)=C2NCCCN2)cc1. The lowest BCUT2D eigenvalue weighted by atomic mass is 10.1. The minimum absolute atomic E-state index is 0.194. The molecule has 1 aromatic rings. The highest BCUT2D eigenvalue weighted by atomic mass is 35.5. The van der Waals surface area contributed by atoms with Crippen LogP contribution in [0.25, 0.3) is 0 Å². The molecule has 2 N–H and O–H groups in total. The Morgan fingerprint density at radius 1 is 1.22 bits per heavy atom. The van der Waals surface area contributed by atoms with Crippen molar-refractivity contribution in [2.45, 2.75) is 6.42 Å². The standard InChI is InChI=1S/C13H15ClN2O2/c1-18-10-5-3-9(4-6-10)12(17)11(14)13-15-7-2-8-16-13/h3-6,15-16H,2,7-8H2,1H3. The molecule has 1 fully saturated rings. The molecular weight excluding hydrogens is 252 g/mol. The van der Waals surface area contributed by atoms with Crippen molar-refractivity contribution in [3.63, 3.8) is 0 Å². The first kappa shape index (κ1) is 12.8. The van der Waals surface area contributed by atoms with Crippen LogP contribution in [0.1, 0.15) is 16.8 Å². The Labute approximate surface area is 111 Å². The van der Waals surface area contributed by atoms with Gasteiger partial charge in [0, 0.05) is 18.7 Å². The number of hydrogen-bond donors (Lipinski definition) is 2. The van der Waals surface area contributed by atoms with E-state index < -0.39 is 0 Å². The van der Waals surface area contributed by atoms with E-state index in [0.29, 0.717) is 17.1 Å². The van der Waals surface area contributed by atoms with Crippen LogP contribution in [0.5, 0.6) is 5.75 Å². The van der Waals surface area contributed by atoms with Gasteiger partial charge < -0.3 is 15.4 Å². The number of hydrogen-bond acceptors (Lipinski definition) is 4. The maximum atomic E-state index is 12.1. The van der Waals surface area contributed by atoms with Crippen molar-refractivity contribution in [1.29, 1.82) is 0 Å². The summed E-state index contributed by atoms with van der Waals surface area (Å²) in [7, 11) is 1.58. The molecule has 2 rings (SSSR count). The van der Waals surface area contributed by atoms with Crippen molar-refractivity contribution < 1.29 is 9.53 Å². The van der Waals surface area contributed by atoms with Crippen LogP contribution in [0.4, 0.5) is 0 Å². The van der Waals surface area contributed by atoms with Gasteiger partial charge >= 0.3 is 0 Å². The predicted molar refractivity (Wildman–Crippen MR) is 70.8 cm³/mol. The summed E-state index contributed by atoms with van der Waals surface area (Å²) in [4.78, 5) is 12.1. The molecule has 1 saturated heterocycles. The van der Waals surface area contributed by atoms with Crippen LogP contribution in [0.15, 0.2) is 35.1 Å². The molecule has 0 spiro atoms. The lowest BCUT2D eigenvalue weighted by molar-refractivity contribution is 0.104. The van der Waals surface area contributed by atoms with Crippen LogP contribution in [-0.4, -0.2) is 26.0 Å². The van der Waals surface area contributed by atoms with Gasteiger partial charge in [-0.1, -0.05) is 11.6 Å². The van der Waals surface area contributed by atoms with Crippen molar-refractivity contribution in [3.05, 3.63) is 40.7 Å². The Balaban J connectivity index is 2.19. The molecule has 0 aromatic heterocycles. The van der Waals surface area contributed by atoms with Gasteiger partial charge in [-0.2, -0.15) is 0 Å². The van der Waals surface area contributed by atoms with Gasteiger partial charge in [0.25, 0.3) is 0 Å². The number of ketones is 1. The Bertz CT molecular complexity index is 460. The summed E-state index contributed by atoms with van der Waals surface area (Å²) in [5, 5.41) is 6.36. The molecule has 18 heavy (non-hydrogen) atoms. The summed E-state index contributed by atoms with van der Waals surface area (Å²) in [6, 6.07) is 6.88. The Kier molecular flexibility index (Phi) is 4.10. The summed E-state index contributed by atoms with van der Waals surface area (Å²) in [5.41, 5.74) is 0.544. The molecule has 4 nitrogen and oxygen atoms in total. The molecule has 0 atom stereocenters. The molecular formula is C13H15ClN2O2. The largest absolute Gasteiger partial charge is 0.497 e. The van der Waals surface area contributed by atoms with E-state index in [2.05, 4.69) is 10.6 Å². The number of rotatable bonds is 3. The topological polar surface area (TPSA) is 50.4 Å². The van der Waals surface area contributed by atoms with Gasteiger partial charge in [0.05, 0.1) is 7.11 Å². The van der Waals surface area contributed by atoms with E-state index in [1.165, 1.54) is 0 Å². The number of carbonyl (C=O) groups excluding carboxylic acids is 1. The number of nitrogens with one attached hydrogen (secondary N) is 2. The van der Waals surface area contributed by atoms with E-state index in [-0.39, 0.29) is 10.8 Å². The number of Topliss-reactive ketones (excluding diaryl/α,β-unsaturated/α-hetero) is 1. The van der Waals surface area contributed by atoms with Crippen LogP contribution in [-0.2, 0) is 0 Å². The maximum absolute atomic E-state index is 12.1. The van der Waals surface area contributed by atoms with E-state index in [9.17, 15) is 4.79 Å². The molecule has 1 heterocycles. The third kappa shape index (κ3) is 2.76. The van der Waals surface area contributed by atoms with Gasteiger partial charge in [-0.05, 0) is 30.7 Å². The third-order valence-electron chi connectivity index (χ3n) is 2.73. The molecule has 5 heteroatoms. The van der Waals surface area contributed by atoms with Gasteiger partial charge in [-0.15, -0.1) is 0 Å². The fourth-order valence-electron chi connectivity index (χ4n) is 1.72. The summed E-state index contributed by atoms with van der Waals surface area (Å²) < 4.78 is 5.04. The molecule has 96 valence electrons. The zero-order valence-corrected chi connectivity index (χ0v) is 10.9. The van der Waals surface area contributed by atoms with Gasteiger partial charge in [0.1, 0.15) is 16.6 Å². The summed E-state index contributed by atoms with van der Waals surface area (Å²) in [6.07, 6.45) is 1.02. The summed E-state index contributed by atoms with van der Waals surface area (Å²) in [5.74, 6) is 1.13. The lowest BCUT2D eigenvalue weighted by Crippen LogP contribution is -2.36. The van der Waals surface area contributed by atoms with Crippen LogP contribution >= 0.6 is 11.6 Å². The lowest BCUT2D eigenvalue weighted by Gasteiger charge is -2.20. The molecule has 0 bridgehead atoms. The average molecular weight is 267 g/mol. The zero-order chi connectivity index (χ0) is 13.0. The van der Waals surface area contributed by atoms with Crippen LogP contribution in [0.3, 0.4) is 0 Å². The number of ether oxygens (including phenoxy) is 1. The fourth-order valence-corrected chi connectivity index (χ4v) is 1.96. The molecule has 0 unspecified atom stereocenters. The Morgan fingerprint density at radius 3 is 2.39 bits per heavy atom. The van der Waals surface area contributed by atoms with Crippen molar-refractivity contribution in [1.82, 2.24) is 10.6 Å². The van der Waals surface area contributed by atoms with Gasteiger partial charge in [0.15, 0.2) is 0 Å². The van der Waals surface area contributed by atoms with E-state index in [4.69, 9.17) is 16.3 Å². The normalized spacial score (nSPS) is 14.4. The van der Waals surface area contributed by atoms with Crippen molar-refractivity contribution >= 4 is 17.4 Å². The van der Waals surface area contributed by atoms with E-state index in [1.54, 1.807) is 31.4 Å². The minimum atomic E-state index is -0.198. The monoisotopic (exact) mass is 266 g/mol. The van der Waals surface area contributed by atoms with E-state index >= 15 is 0 Å². The highest BCUT2D eigenvalue weighted by Crippen LogP contribution is 2.18. The second-order valence-electron chi connectivity index (χ2n) is 3.95. The number of halogens is 1. The van der Waals surface area contributed by atoms with Crippen molar-refractivity contribution in [3.8, 4) is 5.75 Å². The second kappa shape index (κ2) is 5.78. The highest BCUT2D eigenvalue weighted by Gasteiger charge is 2.17. The zero-order valence-electron chi connectivity index (χ0n) is 10.1. The molecule has 1 aromatic carbocycles. The Hall–Kier alpha value is -1.68. The highest BCUT2D eigenvalue weighted by molar-refractivity contribution is 6.45. The summed E-state index contributed by atoms with van der Waals surface area (Å²) in [6.45, 7) is 1.66. The molecule has 0 amide bonds. The number of carbonyl (C=O) groups is 1. The average Bonchev–Trinajstić information content (AvgIpc) is 2.47. The van der Waals surface area contributed by atoms with Crippen LogP contribution in [0, 0.1) is 0 Å². The first-order chi connectivity index (χ1) is 8.72. The van der Waals surface area contributed by atoms with Crippen LogP contribution < -0.4 is 15.4 Å². The van der Waals surface area contributed by atoms with Crippen molar-refractivity contribution in [2.75, 3.05) is 20.2 Å². The number of benzene rings is 1. The number of methoxy groups -OCH3 is 1. The van der Waals surface area contributed by atoms with Gasteiger partial charge in [-0.3, -0.25) is 4.79 Å². The molecule has 0 aliphatic carbocycles. The van der Waals surface area contributed by atoms with E-state index in [0.717, 1.165) is 19.5 Å². The second-order valence-corrected chi connectivity index (χ2v) is 4.33. The smallest absolute Gasteiger partial charge is 0.208 e. The van der Waals surface area contributed by atoms with Crippen LogP contribution in [0.2, 0.25) is 0 Å². The summed E-state index contributed by atoms with van der Waals surface area (Å²) >= 11 is 6.09. The minimum Gasteiger partial charge on any atom is -0.497 e. The van der Waals surface area contributed by atoms with Gasteiger partial charge in [-0.25, -0.2) is 0 Å². The third-order valence-corrected chi connectivity index (χ3v) is 3.09. The predicted octanol–water partition coefficient (Wildman–Crippen LogP) is 1.87. The quantitative estimate of drug-likeness (QED) is 0.648. The Morgan fingerprint density at radius 2 is 1.83 bits per heavy atom. The van der Waals surface area contributed by atoms with Crippen molar-refractivity contribution in [2.24, 2.45) is 0 Å². The molecule has 1 aliphatic rings. The maximum Gasteiger partial charge on any atom is 0.208 e. The van der Waals surface area contributed by atoms with E-state index in [1.807, 2.05) is 0 Å². The first-order valence-corrected chi connectivity index (χ1v) is 6.16. The molecule has 1 aliphatic heterocycles.